The minimum atomic E-state index is -0.0311. The number of rotatable bonds is 13. The predicted octanol–water partition coefficient (Wildman–Crippen LogP) is 6.42. The minimum absolute atomic E-state index is 0.0311. The van der Waals surface area contributed by atoms with Crippen LogP contribution < -0.4 is 16.8 Å². The molecule has 1 saturated heterocycles. The van der Waals surface area contributed by atoms with E-state index in [-0.39, 0.29) is 33.9 Å². The number of aliphatic imine (C=N–C) groups is 2. The number of nitrogens with two attached hydrogens (primary N) is 2. The maximum absolute atomic E-state index is 10.5. The number of allylic oxidation sites excluding steroid dienone is 3. The Bertz CT molecular complexity index is 2120. The molecule has 0 amide bonds. The van der Waals surface area contributed by atoms with Gasteiger partial charge in [-0.2, -0.15) is 0 Å². The molecule has 13 heteroatoms. The van der Waals surface area contributed by atoms with E-state index in [0.29, 0.717) is 54.4 Å². The molecular weight excluding hydrogens is 723 g/mol. The highest BCUT2D eigenvalue weighted by atomic mass is 32.1. The number of hydrogen-bond donors (Lipinski definition) is 6. The van der Waals surface area contributed by atoms with E-state index < -0.39 is 0 Å². The molecule has 12 nitrogen and oxygen atoms in total. The van der Waals surface area contributed by atoms with Gasteiger partial charge in [0.25, 0.3) is 0 Å². The molecule has 5 fully saturated rings. The van der Waals surface area contributed by atoms with Gasteiger partial charge in [0.1, 0.15) is 23.8 Å². The summed E-state index contributed by atoms with van der Waals surface area (Å²) in [5, 5.41) is 33.0. The van der Waals surface area contributed by atoms with E-state index in [2.05, 4.69) is 34.0 Å². The van der Waals surface area contributed by atoms with E-state index in [1.807, 2.05) is 62.2 Å². The lowest BCUT2D eigenvalue weighted by atomic mass is 9.25. The highest BCUT2D eigenvalue weighted by Crippen LogP contribution is 2.95. The third-order valence-corrected chi connectivity index (χ3v) is 15.2. The standard InChI is InChI=1S/C43H57N9O3S/c1-27(36(45)50-38-49-32-10-6-7-11-34(32)56-38)29-9-8-14-52(37(29)46)35-13-12-30(33(20-54)48-35)31(19-44)28(2)47-26-41-21-39(3)23-42(55-18-16-51(5)15-17-53)24-40(4,22-41)43(39,42)25-41/h6-7,10-13,19-20,46,48,53-54H,8-9,14-18,21-26,44H2,1-5H3,(H2,45,49,50)/b29-27-,31-19+,33-20+,46-37?,47-28?. The molecule has 1 aromatic carbocycles. The van der Waals surface area contributed by atoms with Crippen molar-refractivity contribution in [3.05, 3.63) is 82.7 Å². The zero-order valence-corrected chi connectivity index (χ0v) is 34.2. The molecule has 2 bridgehead atoms. The Balaban J connectivity index is 0.971. The number of nitrogens with zero attached hydrogens (tertiary/aromatic N) is 5. The van der Waals surface area contributed by atoms with Crippen molar-refractivity contribution in [2.24, 2.45) is 43.1 Å². The van der Waals surface area contributed by atoms with Crippen LogP contribution in [0.25, 0.3) is 10.2 Å². The Morgan fingerprint density at radius 1 is 1.12 bits per heavy atom. The van der Waals surface area contributed by atoms with Gasteiger partial charge in [0, 0.05) is 60.2 Å². The van der Waals surface area contributed by atoms with Crippen molar-refractivity contribution in [2.45, 2.75) is 78.2 Å². The summed E-state index contributed by atoms with van der Waals surface area (Å²) in [6.45, 7) is 12.6. The van der Waals surface area contributed by atoms with Crippen molar-refractivity contribution < 1.29 is 14.9 Å². The van der Waals surface area contributed by atoms with Crippen LogP contribution in [0, 0.1) is 27.1 Å². The van der Waals surface area contributed by atoms with Gasteiger partial charge in [-0.25, -0.2) is 9.98 Å². The molecule has 2 aliphatic heterocycles. The quantitative estimate of drug-likeness (QED) is 0.0760. The summed E-state index contributed by atoms with van der Waals surface area (Å²) in [5.41, 5.74) is 19.0. The lowest BCUT2D eigenvalue weighted by molar-refractivity contribution is -0.397. The summed E-state index contributed by atoms with van der Waals surface area (Å²) in [4.78, 5) is 18.5. The number of aliphatic hydroxyl groups excluding tert-OH is 2. The van der Waals surface area contributed by atoms with E-state index in [9.17, 15) is 15.6 Å². The monoisotopic (exact) mass is 779 g/mol. The fourth-order valence-electron chi connectivity index (χ4n) is 12.5. The van der Waals surface area contributed by atoms with Crippen molar-refractivity contribution in [3.63, 3.8) is 0 Å². The number of likely N-dealkylation sites (N-methyl/N-ethyl adjacent to an activating group) is 1. The number of fused-ring (bicyclic) bond motifs is 2. The SMILES string of the molecule is CC(=NCC12CC3(C)CC4(OCCN(C)CCO)CC(C)(C1)C34C2)/C(=C\N)C1=CC=C(N2CCC/C(=C(C)/C(N)=N\c3nc4ccccc4s3)C2=N)N/C1=C/O. The smallest absolute Gasteiger partial charge is 0.212 e. The van der Waals surface area contributed by atoms with Crippen molar-refractivity contribution in [3.8, 4) is 0 Å². The number of dihydropyridines is 1. The molecule has 8 rings (SSSR count). The van der Waals surface area contributed by atoms with E-state index in [0.717, 1.165) is 83.3 Å². The number of aliphatic hydroxyl groups is 2. The summed E-state index contributed by atoms with van der Waals surface area (Å²) in [6.07, 6.45) is 13.8. The van der Waals surface area contributed by atoms with Gasteiger partial charge in [0.15, 0.2) is 0 Å². The number of piperidine rings is 1. The largest absolute Gasteiger partial charge is 0.513 e. The first kappa shape index (κ1) is 38.6. The predicted molar refractivity (Wildman–Crippen MR) is 225 cm³/mol. The van der Waals surface area contributed by atoms with Gasteiger partial charge >= 0.3 is 0 Å². The Morgan fingerprint density at radius 3 is 2.57 bits per heavy atom. The lowest BCUT2D eigenvalue weighted by Gasteiger charge is -2.82. The lowest BCUT2D eigenvalue weighted by Crippen LogP contribution is -2.82. The number of nitrogens with one attached hydrogen (secondary N) is 2. The Labute approximate surface area is 334 Å². The first-order chi connectivity index (χ1) is 26.8. The number of ether oxygens (including phenoxy) is 1. The molecule has 2 unspecified atom stereocenters. The van der Waals surface area contributed by atoms with Crippen molar-refractivity contribution in [2.75, 3.05) is 46.4 Å². The van der Waals surface area contributed by atoms with Crippen LogP contribution in [-0.2, 0) is 4.74 Å². The summed E-state index contributed by atoms with van der Waals surface area (Å²) >= 11 is 1.49. The Hall–Kier alpha value is -4.30. The molecular formula is C43H57N9O3S. The number of benzene rings is 1. The summed E-state index contributed by atoms with van der Waals surface area (Å²) in [7, 11) is 2.04. The number of thiazole rings is 1. The van der Waals surface area contributed by atoms with Crippen molar-refractivity contribution in [1.82, 2.24) is 20.1 Å². The van der Waals surface area contributed by atoms with E-state index in [4.69, 9.17) is 21.2 Å². The molecule has 56 heavy (non-hydrogen) atoms. The van der Waals surface area contributed by atoms with Gasteiger partial charge in [-0.05, 0) is 112 Å². The number of hydrogen-bond acceptors (Lipinski definition) is 11. The minimum Gasteiger partial charge on any atom is -0.513 e. The molecule has 0 radical (unpaired) electrons. The molecule has 4 aliphatic carbocycles. The van der Waals surface area contributed by atoms with Crippen LogP contribution in [0.5, 0.6) is 0 Å². The van der Waals surface area contributed by atoms with E-state index in [1.54, 1.807) is 6.20 Å². The Kier molecular flexibility index (Phi) is 9.62. The molecule has 2 aromatic rings. The van der Waals surface area contributed by atoms with Crippen LogP contribution in [0.4, 0.5) is 5.13 Å². The van der Waals surface area contributed by atoms with E-state index >= 15 is 0 Å². The van der Waals surface area contributed by atoms with Gasteiger partial charge in [-0.15, -0.1) is 0 Å². The first-order valence-corrected chi connectivity index (χ1v) is 20.7. The molecule has 2 atom stereocenters. The second-order valence-corrected chi connectivity index (χ2v) is 18.7. The fraction of sp³-hybridized carbons (Fsp3) is 0.535. The van der Waals surface area contributed by atoms with E-state index in [1.165, 1.54) is 24.2 Å². The summed E-state index contributed by atoms with van der Waals surface area (Å²) in [5.74, 6) is 1.38. The van der Waals surface area contributed by atoms with Crippen LogP contribution in [0.15, 0.2) is 92.7 Å². The third-order valence-electron chi connectivity index (χ3n) is 14.3. The fourth-order valence-corrected chi connectivity index (χ4v) is 13.3. The molecule has 4 saturated carbocycles. The average Bonchev–Trinajstić information content (AvgIpc) is 3.77. The normalized spacial score (nSPS) is 34.3. The molecule has 1 aromatic heterocycles. The first-order valence-electron chi connectivity index (χ1n) is 19.9. The van der Waals surface area contributed by atoms with Gasteiger partial charge in [0.2, 0.25) is 5.13 Å². The van der Waals surface area contributed by atoms with Gasteiger partial charge in [-0.3, -0.25) is 10.4 Å². The Morgan fingerprint density at radius 2 is 1.88 bits per heavy atom. The van der Waals surface area contributed by atoms with Crippen LogP contribution in [0.3, 0.4) is 0 Å². The second kappa shape index (κ2) is 14.0. The molecule has 6 aliphatic rings. The number of aromatic nitrogens is 1. The van der Waals surface area contributed by atoms with Crippen LogP contribution in [0.1, 0.15) is 72.6 Å². The summed E-state index contributed by atoms with van der Waals surface area (Å²) in [6, 6.07) is 7.91. The zero-order chi connectivity index (χ0) is 39.7. The second-order valence-electron chi connectivity index (χ2n) is 17.7. The zero-order valence-electron chi connectivity index (χ0n) is 33.4. The average molecular weight is 780 g/mol. The maximum atomic E-state index is 10.5. The van der Waals surface area contributed by atoms with Gasteiger partial charge in [-0.1, -0.05) is 37.3 Å². The van der Waals surface area contributed by atoms with Crippen LogP contribution in [0.2, 0.25) is 0 Å². The number of likely N-dealkylation sites (tertiary alicyclic amines) is 1. The summed E-state index contributed by atoms with van der Waals surface area (Å²) < 4.78 is 7.84. The van der Waals surface area contributed by atoms with Crippen LogP contribution >= 0.6 is 11.3 Å². The maximum Gasteiger partial charge on any atom is 0.212 e. The van der Waals surface area contributed by atoms with Gasteiger partial charge < -0.3 is 41.5 Å². The molecule has 3 heterocycles. The van der Waals surface area contributed by atoms with Crippen molar-refractivity contribution in [1.29, 1.82) is 5.41 Å². The highest BCUT2D eigenvalue weighted by Gasteiger charge is 2.93. The molecule has 8 N–H and O–H groups in total. The topological polar surface area (TPSA) is 182 Å². The highest BCUT2D eigenvalue weighted by molar-refractivity contribution is 7.22. The molecule has 1 spiro atoms. The van der Waals surface area contributed by atoms with Crippen molar-refractivity contribution >= 4 is 44.1 Å². The van der Waals surface area contributed by atoms with Gasteiger partial charge in [0.05, 0.1) is 34.7 Å². The molecule has 298 valence electrons. The van der Waals surface area contributed by atoms with Crippen LogP contribution in [-0.4, -0.2) is 94.4 Å². The number of amidine groups is 2. The number of para-hydroxylation sites is 1. The third kappa shape index (κ3) is 5.79.